The molecule has 124 valence electrons. The molecule has 23 heavy (non-hydrogen) atoms. The molecule has 1 saturated carbocycles. The number of nitrogens with one attached hydrogen (secondary N) is 2. The molecule has 1 saturated heterocycles. The number of hydrogen-bond donors (Lipinski definition) is 3. The quantitative estimate of drug-likeness (QED) is 0.762. The standard InChI is InChI=1S/C16H21FN4O2/c1-16(9-18,10-2-3-10)20-14(22)12-8-11(4-5-13(12)17)21-7-6-19-15(21)23/h4-5,8,10H,2-3,6-7,9,18H2,1H3,(H,19,23)(H,20,22). The van der Waals surface area contributed by atoms with E-state index in [0.29, 0.717) is 31.2 Å². The predicted octanol–water partition coefficient (Wildman–Crippen LogP) is 1.21. The maximum absolute atomic E-state index is 14.1. The number of urea groups is 1. The summed E-state index contributed by atoms with van der Waals surface area (Å²) in [6, 6.07) is 3.89. The Morgan fingerprint density at radius 3 is 2.83 bits per heavy atom. The zero-order chi connectivity index (χ0) is 16.6. The van der Waals surface area contributed by atoms with Crippen molar-refractivity contribution in [3.8, 4) is 0 Å². The minimum Gasteiger partial charge on any atom is -0.345 e. The maximum Gasteiger partial charge on any atom is 0.321 e. The molecule has 7 heteroatoms. The third-order valence-electron chi connectivity index (χ3n) is 4.66. The van der Waals surface area contributed by atoms with E-state index in [4.69, 9.17) is 5.73 Å². The molecule has 1 atom stereocenters. The Bertz CT molecular complexity index is 647. The summed E-state index contributed by atoms with van der Waals surface area (Å²) in [5.41, 5.74) is 5.71. The van der Waals surface area contributed by atoms with Crippen molar-refractivity contribution in [3.63, 3.8) is 0 Å². The Labute approximate surface area is 134 Å². The average Bonchev–Trinajstić information content (AvgIpc) is 3.31. The molecule has 1 aromatic carbocycles. The fourth-order valence-corrected chi connectivity index (χ4v) is 2.94. The van der Waals surface area contributed by atoms with Gasteiger partial charge in [0.2, 0.25) is 0 Å². The van der Waals surface area contributed by atoms with Gasteiger partial charge in [0.1, 0.15) is 5.82 Å². The van der Waals surface area contributed by atoms with Gasteiger partial charge in [-0.1, -0.05) is 0 Å². The lowest BCUT2D eigenvalue weighted by molar-refractivity contribution is 0.0893. The predicted molar refractivity (Wildman–Crippen MR) is 84.8 cm³/mol. The van der Waals surface area contributed by atoms with E-state index < -0.39 is 17.3 Å². The Morgan fingerprint density at radius 2 is 2.26 bits per heavy atom. The lowest BCUT2D eigenvalue weighted by atomic mass is 9.95. The van der Waals surface area contributed by atoms with E-state index >= 15 is 0 Å². The van der Waals surface area contributed by atoms with Crippen molar-refractivity contribution in [2.45, 2.75) is 25.3 Å². The highest BCUT2D eigenvalue weighted by Crippen LogP contribution is 2.39. The van der Waals surface area contributed by atoms with Crippen LogP contribution in [0.5, 0.6) is 0 Å². The molecule has 2 aliphatic rings. The number of carbonyl (C=O) groups excluding carboxylic acids is 2. The highest BCUT2D eigenvalue weighted by molar-refractivity contribution is 5.99. The number of nitrogens with two attached hydrogens (primary N) is 1. The zero-order valence-corrected chi connectivity index (χ0v) is 13.1. The molecule has 3 rings (SSSR count). The molecule has 1 heterocycles. The van der Waals surface area contributed by atoms with Crippen molar-refractivity contribution in [1.82, 2.24) is 10.6 Å². The van der Waals surface area contributed by atoms with Gasteiger partial charge in [-0.2, -0.15) is 0 Å². The summed E-state index contributed by atoms with van der Waals surface area (Å²) in [5, 5.41) is 5.55. The molecular weight excluding hydrogens is 299 g/mol. The highest BCUT2D eigenvalue weighted by atomic mass is 19.1. The van der Waals surface area contributed by atoms with E-state index in [2.05, 4.69) is 10.6 Å². The lowest BCUT2D eigenvalue weighted by Gasteiger charge is -2.29. The third kappa shape index (κ3) is 3.01. The second kappa shape index (κ2) is 5.81. The lowest BCUT2D eigenvalue weighted by Crippen LogP contribution is -2.53. The van der Waals surface area contributed by atoms with Gasteiger partial charge >= 0.3 is 6.03 Å². The Balaban J connectivity index is 1.83. The Hall–Kier alpha value is -2.15. The minimum absolute atomic E-state index is 0.0671. The normalized spacial score (nSPS) is 20.1. The molecule has 1 aliphatic carbocycles. The topological polar surface area (TPSA) is 87.5 Å². The first-order chi connectivity index (χ1) is 10.9. The van der Waals surface area contributed by atoms with Crippen LogP contribution in [0.25, 0.3) is 0 Å². The van der Waals surface area contributed by atoms with Crippen LogP contribution in [0.3, 0.4) is 0 Å². The first-order valence-corrected chi connectivity index (χ1v) is 7.82. The van der Waals surface area contributed by atoms with E-state index in [-0.39, 0.29) is 11.6 Å². The summed E-state index contributed by atoms with van der Waals surface area (Å²) in [7, 11) is 0. The van der Waals surface area contributed by atoms with Gasteiger partial charge in [-0.15, -0.1) is 0 Å². The monoisotopic (exact) mass is 320 g/mol. The summed E-state index contributed by atoms with van der Waals surface area (Å²) in [6.45, 7) is 3.22. The van der Waals surface area contributed by atoms with Crippen LogP contribution >= 0.6 is 0 Å². The fourth-order valence-electron chi connectivity index (χ4n) is 2.94. The van der Waals surface area contributed by atoms with Gasteiger partial charge in [-0.25, -0.2) is 9.18 Å². The average molecular weight is 320 g/mol. The summed E-state index contributed by atoms with van der Waals surface area (Å²) >= 11 is 0. The van der Waals surface area contributed by atoms with Crippen LogP contribution in [-0.4, -0.2) is 37.1 Å². The van der Waals surface area contributed by atoms with Crippen LogP contribution < -0.4 is 21.3 Å². The molecule has 0 radical (unpaired) electrons. The van der Waals surface area contributed by atoms with E-state index in [1.807, 2.05) is 6.92 Å². The molecule has 4 N–H and O–H groups in total. The number of carbonyl (C=O) groups is 2. The van der Waals surface area contributed by atoms with Crippen LogP contribution in [0.15, 0.2) is 18.2 Å². The second-order valence-corrected chi connectivity index (χ2v) is 6.40. The van der Waals surface area contributed by atoms with Crippen molar-refractivity contribution >= 4 is 17.6 Å². The van der Waals surface area contributed by atoms with Crippen molar-refractivity contribution < 1.29 is 14.0 Å². The van der Waals surface area contributed by atoms with Crippen molar-refractivity contribution in [1.29, 1.82) is 0 Å². The van der Waals surface area contributed by atoms with Crippen LogP contribution in [0.1, 0.15) is 30.1 Å². The largest absolute Gasteiger partial charge is 0.345 e. The second-order valence-electron chi connectivity index (χ2n) is 6.40. The zero-order valence-electron chi connectivity index (χ0n) is 13.1. The number of anilines is 1. The van der Waals surface area contributed by atoms with E-state index in [1.165, 1.54) is 23.1 Å². The minimum atomic E-state index is -0.610. The third-order valence-corrected chi connectivity index (χ3v) is 4.66. The molecule has 0 spiro atoms. The van der Waals surface area contributed by atoms with Gasteiger partial charge in [0.25, 0.3) is 5.91 Å². The van der Waals surface area contributed by atoms with Gasteiger partial charge in [0.05, 0.1) is 11.1 Å². The highest BCUT2D eigenvalue weighted by Gasteiger charge is 2.42. The smallest absolute Gasteiger partial charge is 0.321 e. The first kappa shape index (κ1) is 15.7. The molecular formula is C16H21FN4O2. The van der Waals surface area contributed by atoms with Crippen LogP contribution in [0, 0.1) is 11.7 Å². The molecule has 3 amide bonds. The summed E-state index contributed by atoms with van der Waals surface area (Å²) < 4.78 is 14.1. The van der Waals surface area contributed by atoms with Gasteiger partial charge in [0.15, 0.2) is 0 Å². The Kier molecular flexibility index (Phi) is 3.97. The Morgan fingerprint density at radius 1 is 1.52 bits per heavy atom. The number of nitrogens with zero attached hydrogens (tertiary/aromatic N) is 1. The SMILES string of the molecule is CC(CN)(NC(=O)c1cc(N2CCNC2=O)ccc1F)C1CC1. The molecule has 1 aliphatic heterocycles. The molecule has 6 nitrogen and oxygen atoms in total. The summed E-state index contributed by atoms with van der Waals surface area (Å²) in [4.78, 5) is 25.7. The van der Waals surface area contributed by atoms with E-state index in [1.54, 1.807) is 0 Å². The number of halogens is 1. The number of rotatable bonds is 5. The maximum atomic E-state index is 14.1. The van der Waals surface area contributed by atoms with Crippen LogP contribution in [-0.2, 0) is 0 Å². The van der Waals surface area contributed by atoms with Gasteiger partial charge < -0.3 is 16.4 Å². The molecule has 1 aromatic rings. The van der Waals surface area contributed by atoms with Crippen molar-refractivity contribution in [2.75, 3.05) is 24.5 Å². The van der Waals surface area contributed by atoms with Gasteiger partial charge in [-0.3, -0.25) is 9.69 Å². The van der Waals surface area contributed by atoms with Gasteiger partial charge in [-0.05, 0) is 43.9 Å². The molecule has 0 bridgehead atoms. The summed E-state index contributed by atoms with van der Waals surface area (Å²) in [5.74, 6) is -0.767. The van der Waals surface area contributed by atoms with Crippen molar-refractivity contribution in [3.05, 3.63) is 29.6 Å². The van der Waals surface area contributed by atoms with Crippen LogP contribution in [0.4, 0.5) is 14.9 Å². The van der Waals surface area contributed by atoms with E-state index in [9.17, 15) is 14.0 Å². The molecule has 1 unspecified atom stereocenters. The van der Waals surface area contributed by atoms with Crippen molar-refractivity contribution in [2.24, 2.45) is 11.7 Å². The van der Waals surface area contributed by atoms with Crippen LogP contribution in [0.2, 0.25) is 0 Å². The van der Waals surface area contributed by atoms with E-state index in [0.717, 1.165) is 12.8 Å². The molecule has 2 fully saturated rings. The van der Waals surface area contributed by atoms with Gasteiger partial charge in [0, 0.05) is 25.3 Å². The summed E-state index contributed by atoms with van der Waals surface area (Å²) in [6.07, 6.45) is 2.04. The number of amides is 3. The number of benzene rings is 1. The number of hydrogen-bond acceptors (Lipinski definition) is 3. The fraction of sp³-hybridized carbons (Fsp3) is 0.500. The molecule has 0 aromatic heterocycles. The first-order valence-electron chi connectivity index (χ1n) is 7.82.